The number of nitrogens with zero attached hydrogens (tertiary/aromatic N) is 1. The van der Waals surface area contributed by atoms with Crippen LogP contribution in [-0.2, 0) is 11.3 Å². The molecule has 1 saturated carbocycles. The van der Waals surface area contributed by atoms with E-state index >= 15 is 0 Å². The van der Waals surface area contributed by atoms with Gasteiger partial charge < -0.3 is 21.1 Å². The highest BCUT2D eigenvalue weighted by atomic mass is 127. The van der Waals surface area contributed by atoms with Crippen LogP contribution in [0.1, 0.15) is 38.2 Å². The van der Waals surface area contributed by atoms with Gasteiger partial charge >= 0.3 is 0 Å². The predicted octanol–water partition coefficient (Wildman–Crippen LogP) is 2.17. The second-order valence-corrected chi connectivity index (χ2v) is 5.72. The van der Waals surface area contributed by atoms with Crippen LogP contribution in [0, 0.1) is 0 Å². The van der Waals surface area contributed by atoms with Gasteiger partial charge in [-0.3, -0.25) is 4.79 Å². The maximum atomic E-state index is 10.8. The standard InChI is InChI=1S/C17H26N4O2.HI/c1-2-19-17(21-14-7-3-4-8-14)20-11-13-6-5-9-15(10-13)23-12-16(18)22;/h5-6,9-10,14H,2-4,7-8,11-12H2,1H3,(H2,18,22)(H2,19,20,21);1H. The first-order valence-electron chi connectivity index (χ1n) is 8.22. The molecule has 1 aliphatic rings. The van der Waals surface area contributed by atoms with Crippen LogP contribution < -0.4 is 21.1 Å². The van der Waals surface area contributed by atoms with Crippen molar-refractivity contribution in [2.24, 2.45) is 10.7 Å². The van der Waals surface area contributed by atoms with E-state index in [1.54, 1.807) is 6.07 Å². The number of rotatable bonds is 7. The minimum Gasteiger partial charge on any atom is -0.484 e. The third-order valence-corrected chi connectivity index (χ3v) is 3.74. The van der Waals surface area contributed by atoms with E-state index < -0.39 is 5.91 Å². The first-order valence-corrected chi connectivity index (χ1v) is 8.22. The summed E-state index contributed by atoms with van der Waals surface area (Å²) < 4.78 is 5.32. The van der Waals surface area contributed by atoms with Crippen molar-refractivity contribution >= 4 is 35.8 Å². The Morgan fingerprint density at radius 2 is 2.12 bits per heavy atom. The molecule has 4 N–H and O–H groups in total. The van der Waals surface area contributed by atoms with E-state index in [0.29, 0.717) is 18.3 Å². The summed E-state index contributed by atoms with van der Waals surface area (Å²) in [6, 6.07) is 8.08. The third kappa shape index (κ3) is 7.37. The molecule has 0 aromatic heterocycles. The number of ether oxygens (including phenoxy) is 1. The number of benzene rings is 1. The van der Waals surface area contributed by atoms with Crippen LogP contribution in [0.2, 0.25) is 0 Å². The number of aliphatic imine (C=N–C) groups is 1. The van der Waals surface area contributed by atoms with E-state index in [0.717, 1.165) is 18.1 Å². The average molecular weight is 446 g/mol. The molecule has 0 atom stereocenters. The molecular weight excluding hydrogens is 419 g/mol. The zero-order valence-corrected chi connectivity index (χ0v) is 16.4. The number of halogens is 1. The van der Waals surface area contributed by atoms with Crippen molar-refractivity contribution < 1.29 is 9.53 Å². The Labute approximate surface area is 160 Å². The van der Waals surface area contributed by atoms with Gasteiger partial charge in [0, 0.05) is 12.6 Å². The third-order valence-electron chi connectivity index (χ3n) is 3.74. The van der Waals surface area contributed by atoms with Gasteiger partial charge in [-0.1, -0.05) is 25.0 Å². The number of guanidine groups is 1. The molecule has 2 rings (SSSR count). The van der Waals surface area contributed by atoms with Crippen LogP contribution in [0.3, 0.4) is 0 Å². The molecule has 0 spiro atoms. The fourth-order valence-electron chi connectivity index (χ4n) is 2.64. The molecule has 1 aliphatic carbocycles. The normalized spacial score (nSPS) is 14.8. The van der Waals surface area contributed by atoms with Gasteiger partial charge in [0.15, 0.2) is 12.6 Å². The number of primary amides is 1. The SMILES string of the molecule is CCNC(=NCc1cccc(OCC(N)=O)c1)NC1CCCC1.I. The quantitative estimate of drug-likeness (QED) is 0.340. The minimum absolute atomic E-state index is 0. The fraction of sp³-hybridized carbons (Fsp3) is 0.529. The van der Waals surface area contributed by atoms with E-state index in [1.165, 1.54) is 25.7 Å². The van der Waals surface area contributed by atoms with Gasteiger partial charge in [0.2, 0.25) is 0 Å². The Morgan fingerprint density at radius 1 is 1.38 bits per heavy atom. The Balaban J connectivity index is 0.00000288. The zero-order valence-electron chi connectivity index (χ0n) is 14.1. The maximum absolute atomic E-state index is 10.8. The second kappa shape index (κ2) is 11.1. The van der Waals surface area contributed by atoms with Crippen molar-refractivity contribution in [2.75, 3.05) is 13.2 Å². The molecule has 0 bridgehead atoms. The minimum atomic E-state index is -0.483. The highest BCUT2D eigenvalue weighted by Crippen LogP contribution is 2.17. The summed E-state index contributed by atoms with van der Waals surface area (Å²) in [4.78, 5) is 15.4. The molecular formula is C17H27IN4O2. The van der Waals surface area contributed by atoms with Gasteiger partial charge in [-0.15, -0.1) is 24.0 Å². The molecule has 0 saturated heterocycles. The fourth-order valence-corrected chi connectivity index (χ4v) is 2.64. The first-order chi connectivity index (χ1) is 11.2. The lowest BCUT2D eigenvalue weighted by Gasteiger charge is -2.16. The van der Waals surface area contributed by atoms with Gasteiger partial charge in [-0.25, -0.2) is 4.99 Å². The Bertz CT molecular complexity index is 545. The number of hydrogen-bond acceptors (Lipinski definition) is 3. The summed E-state index contributed by atoms with van der Waals surface area (Å²) in [5, 5.41) is 6.77. The van der Waals surface area contributed by atoms with Crippen LogP contribution in [0.25, 0.3) is 0 Å². The lowest BCUT2D eigenvalue weighted by Crippen LogP contribution is -2.42. The predicted molar refractivity (Wildman–Crippen MR) is 107 cm³/mol. The summed E-state index contributed by atoms with van der Waals surface area (Å²) in [7, 11) is 0. The van der Waals surface area contributed by atoms with Gasteiger partial charge in [0.05, 0.1) is 6.54 Å². The molecule has 0 heterocycles. The number of hydrogen-bond donors (Lipinski definition) is 3. The van der Waals surface area contributed by atoms with E-state index in [4.69, 9.17) is 10.5 Å². The van der Waals surface area contributed by atoms with Gasteiger partial charge in [0.1, 0.15) is 5.75 Å². The molecule has 0 unspecified atom stereocenters. The first kappa shape index (κ1) is 20.5. The van der Waals surface area contributed by atoms with Crippen LogP contribution in [0.5, 0.6) is 5.75 Å². The molecule has 1 aromatic rings. The Hall–Kier alpha value is -1.51. The second-order valence-electron chi connectivity index (χ2n) is 5.72. The van der Waals surface area contributed by atoms with E-state index in [1.807, 2.05) is 18.2 Å². The van der Waals surface area contributed by atoms with Gasteiger partial charge in [0.25, 0.3) is 5.91 Å². The van der Waals surface area contributed by atoms with Crippen LogP contribution in [0.15, 0.2) is 29.3 Å². The topological polar surface area (TPSA) is 88.7 Å². The molecule has 0 aliphatic heterocycles. The molecule has 7 heteroatoms. The van der Waals surface area contributed by atoms with Crippen molar-refractivity contribution in [3.05, 3.63) is 29.8 Å². The number of carbonyl (C=O) groups excluding carboxylic acids is 1. The lowest BCUT2D eigenvalue weighted by molar-refractivity contribution is -0.119. The monoisotopic (exact) mass is 446 g/mol. The number of nitrogens with one attached hydrogen (secondary N) is 2. The molecule has 1 aromatic carbocycles. The smallest absolute Gasteiger partial charge is 0.255 e. The summed E-state index contributed by atoms with van der Waals surface area (Å²) in [6.45, 7) is 3.33. The van der Waals surface area contributed by atoms with Crippen molar-refractivity contribution in [1.29, 1.82) is 0 Å². The van der Waals surface area contributed by atoms with E-state index in [-0.39, 0.29) is 30.6 Å². The molecule has 134 valence electrons. The maximum Gasteiger partial charge on any atom is 0.255 e. The number of carbonyl (C=O) groups is 1. The van der Waals surface area contributed by atoms with E-state index in [2.05, 4.69) is 22.5 Å². The highest BCUT2D eigenvalue weighted by Gasteiger charge is 2.15. The summed E-state index contributed by atoms with van der Waals surface area (Å²) in [5.74, 6) is 0.997. The molecule has 1 amide bonds. The summed E-state index contributed by atoms with van der Waals surface area (Å²) in [6.07, 6.45) is 4.99. The Kier molecular flexibility index (Phi) is 9.51. The largest absolute Gasteiger partial charge is 0.484 e. The number of amides is 1. The molecule has 6 nitrogen and oxygen atoms in total. The molecule has 0 radical (unpaired) electrons. The van der Waals surface area contributed by atoms with Crippen LogP contribution >= 0.6 is 24.0 Å². The summed E-state index contributed by atoms with van der Waals surface area (Å²) >= 11 is 0. The lowest BCUT2D eigenvalue weighted by atomic mass is 10.2. The summed E-state index contributed by atoms with van der Waals surface area (Å²) in [5.41, 5.74) is 6.11. The van der Waals surface area contributed by atoms with Crippen LogP contribution in [-0.4, -0.2) is 31.1 Å². The molecule has 24 heavy (non-hydrogen) atoms. The van der Waals surface area contributed by atoms with Crippen molar-refractivity contribution in [1.82, 2.24) is 10.6 Å². The molecule has 1 fully saturated rings. The van der Waals surface area contributed by atoms with E-state index in [9.17, 15) is 4.79 Å². The zero-order chi connectivity index (χ0) is 16.5. The Morgan fingerprint density at radius 3 is 2.79 bits per heavy atom. The number of nitrogens with two attached hydrogens (primary N) is 1. The van der Waals surface area contributed by atoms with Crippen LogP contribution in [0.4, 0.5) is 0 Å². The van der Waals surface area contributed by atoms with Crippen molar-refractivity contribution in [3.63, 3.8) is 0 Å². The average Bonchev–Trinajstić information content (AvgIpc) is 3.04. The van der Waals surface area contributed by atoms with Gasteiger partial charge in [-0.05, 0) is 37.5 Å². The van der Waals surface area contributed by atoms with Crippen molar-refractivity contribution in [3.8, 4) is 5.75 Å². The van der Waals surface area contributed by atoms with Crippen molar-refractivity contribution in [2.45, 2.75) is 45.2 Å². The highest BCUT2D eigenvalue weighted by molar-refractivity contribution is 14.0. The van der Waals surface area contributed by atoms with Gasteiger partial charge in [-0.2, -0.15) is 0 Å².